The second-order valence-electron chi connectivity index (χ2n) is 5.64. The van der Waals surface area contributed by atoms with Gasteiger partial charge in [-0.1, -0.05) is 23.7 Å². The van der Waals surface area contributed by atoms with Crippen LogP contribution in [-0.2, 0) is 0 Å². The van der Waals surface area contributed by atoms with Crippen LogP contribution in [-0.4, -0.2) is 28.7 Å². The molecular weight excluding hydrogens is 358 g/mol. The summed E-state index contributed by atoms with van der Waals surface area (Å²) in [6.45, 7) is 1.81. The van der Waals surface area contributed by atoms with Crippen molar-refractivity contribution in [1.29, 1.82) is 0 Å². The number of ether oxygens (including phenoxy) is 1. The number of aromatic nitrogens is 1. The number of anilines is 1. The highest BCUT2D eigenvalue weighted by Crippen LogP contribution is 2.36. The second-order valence-corrected chi connectivity index (χ2v) is 6.05. The van der Waals surface area contributed by atoms with Crippen molar-refractivity contribution in [3.63, 3.8) is 0 Å². The number of carbonyl (C=O) groups excluding carboxylic acids is 2. The first-order valence-electron chi connectivity index (χ1n) is 7.62. The Morgan fingerprint density at radius 1 is 1.27 bits per heavy atom. The molecule has 0 atom stereocenters. The predicted octanol–water partition coefficient (Wildman–Crippen LogP) is 3.50. The largest absolute Gasteiger partial charge is 0.497 e. The number of aromatic hydroxyl groups is 1. The molecular formula is C18H16ClN3O4. The minimum Gasteiger partial charge on any atom is -0.497 e. The number of nitrogens with two attached hydrogens (primary N) is 1. The van der Waals surface area contributed by atoms with Crippen LogP contribution in [0.5, 0.6) is 11.6 Å². The molecule has 0 radical (unpaired) electrons. The maximum atomic E-state index is 12.9. The minimum absolute atomic E-state index is 0.133. The van der Waals surface area contributed by atoms with Gasteiger partial charge in [0.25, 0.3) is 5.91 Å². The van der Waals surface area contributed by atoms with Gasteiger partial charge in [-0.2, -0.15) is 0 Å². The van der Waals surface area contributed by atoms with Crippen molar-refractivity contribution >= 4 is 40.1 Å². The zero-order valence-corrected chi connectivity index (χ0v) is 14.8. The van der Waals surface area contributed by atoms with Gasteiger partial charge in [-0.3, -0.25) is 4.79 Å². The summed E-state index contributed by atoms with van der Waals surface area (Å²) >= 11 is 6.20. The Labute approximate surface area is 153 Å². The van der Waals surface area contributed by atoms with E-state index in [0.717, 1.165) is 10.1 Å². The molecule has 26 heavy (non-hydrogen) atoms. The Balaban J connectivity index is 2.15. The van der Waals surface area contributed by atoms with E-state index in [-0.39, 0.29) is 21.5 Å². The molecule has 1 heterocycles. The molecule has 0 saturated carbocycles. The summed E-state index contributed by atoms with van der Waals surface area (Å²) in [4.78, 5) is 24.6. The number of primary amides is 1. The van der Waals surface area contributed by atoms with Gasteiger partial charge in [-0.15, -0.1) is 0 Å². The molecule has 0 saturated heterocycles. The SMILES string of the molecule is COc1ccc(C)c(NC(=O)c2c(O)n(C(N)=O)c3cccc(Cl)c23)c1. The van der Waals surface area contributed by atoms with E-state index in [4.69, 9.17) is 22.1 Å². The highest BCUT2D eigenvalue weighted by Gasteiger charge is 2.26. The van der Waals surface area contributed by atoms with Crippen LogP contribution >= 0.6 is 11.6 Å². The van der Waals surface area contributed by atoms with Gasteiger partial charge in [0.05, 0.1) is 17.6 Å². The predicted molar refractivity (Wildman–Crippen MR) is 99.3 cm³/mol. The fourth-order valence-electron chi connectivity index (χ4n) is 2.77. The summed E-state index contributed by atoms with van der Waals surface area (Å²) < 4.78 is 6.00. The first-order chi connectivity index (χ1) is 12.3. The average molecular weight is 374 g/mol. The van der Waals surface area contributed by atoms with Crippen molar-refractivity contribution < 1.29 is 19.4 Å². The van der Waals surface area contributed by atoms with Crippen LogP contribution in [0.4, 0.5) is 10.5 Å². The summed E-state index contributed by atoms with van der Waals surface area (Å²) in [6, 6.07) is 8.97. The van der Waals surface area contributed by atoms with Crippen LogP contribution in [0.3, 0.4) is 0 Å². The first kappa shape index (κ1) is 17.6. The van der Waals surface area contributed by atoms with E-state index >= 15 is 0 Å². The molecule has 4 N–H and O–H groups in total. The maximum absolute atomic E-state index is 12.9. The molecule has 8 heteroatoms. The zero-order valence-electron chi connectivity index (χ0n) is 14.0. The molecule has 0 fully saturated rings. The number of nitrogens with one attached hydrogen (secondary N) is 1. The van der Waals surface area contributed by atoms with Crippen LogP contribution in [0.2, 0.25) is 5.02 Å². The Morgan fingerprint density at radius 3 is 2.65 bits per heavy atom. The number of hydrogen-bond donors (Lipinski definition) is 3. The fraction of sp³-hybridized carbons (Fsp3) is 0.111. The lowest BCUT2D eigenvalue weighted by Crippen LogP contribution is -2.19. The standard InChI is InChI=1S/C18H16ClN3O4/c1-9-6-7-10(26-2)8-12(9)21-16(23)15-14-11(19)4-3-5-13(14)22(17(15)24)18(20)25/h3-8,24H,1-2H3,(H2,20,25)(H,21,23). The van der Waals surface area contributed by atoms with Crippen molar-refractivity contribution in [1.82, 2.24) is 4.57 Å². The van der Waals surface area contributed by atoms with E-state index in [1.54, 1.807) is 36.4 Å². The number of benzene rings is 2. The minimum atomic E-state index is -0.925. The van der Waals surface area contributed by atoms with Crippen LogP contribution in [0, 0.1) is 6.92 Å². The smallest absolute Gasteiger partial charge is 0.326 e. The molecule has 3 rings (SSSR count). The zero-order chi connectivity index (χ0) is 19.0. The van der Waals surface area contributed by atoms with Gasteiger partial charge >= 0.3 is 6.03 Å². The maximum Gasteiger partial charge on any atom is 0.326 e. The number of halogens is 1. The third kappa shape index (κ3) is 2.82. The number of methoxy groups -OCH3 is 1. The summed E-state index contributed by atoms with van der Waals surface area (Å²) in [5.74, 6) is -0.636. The highest BCUT2D eigenvalue weighted by molar-refractivity contribution is 6.37. The van der Waals surface area contributed by atoms with E-state index in [9.17, 15) is 14.7 Å². The molecule has 0 aliphatic carbocycles. The van der Waals surface area contributed by atoms with Gasteiger partial charge in [0.2, 0.25) is 5.88 Å². The normalized spacial score (nSPS) is 10.7. The third-order valence-electron chi connectivity index (χ3n) is 4.06. The van der Waals surface area contributed by atoms with Crippen LogP contribution < -0.4 is 15.8 Å². The molecule has 2 amide bonds. The number of aryl methyl sites for hydroxylation is 1. The molecule has 3 aromatic rings. The molecule has 0 spiro atoms. The number of fused-ring (bicyclic) bond motifs is 1. The molecule has 0 bridgehead atoms. The number of rotatable bonds is 3. The van der Waals surface area contributed by atoms with Crippen molar-refractivity contribution in [3.05, 3.63) is 52.5 Å². The summed E-state index contributed by atoms with van der Waals surface area (Å²) in [5.41, 5.74) is 6.74. The monoisotopic (exact) mass is 373 g/mol. The molecule has 1 aromatic heterocycles. The summed E-state index contributed by atoms with van der Waals surface area (Å²) in [6.07, 6.45) is 0. The third-order valence-corrected chi connectivity index (χ3v) is 4.37. The lowest BCUT2D eigenvalue weighted by molar-refractivity contribution is 0.102. The molecule has 2 aromatic carbocycles. The Morgan fingerprint density at radius 2 is 2.00 bits per heavy atom. The van der Waals surface area contributed by atoms with E-state index in [2.05, 4.69) is 5.32 Å². The van der Waals surface area contributed by atoms with Gasteiger partial charge in [0, 0.05) is 17.1 Å². The van der Waals surface area contributed by atoms with Crippen molar-refractivity contribution in [2.45, 2.75) is 6.92 Å². The molecule has 0 aliphatic rings. The van der Waals surface area contributed by atoms with E-state index < -0.39 is 17.8 Å². The van der Waals surface area contributed by atoms with Gasteiger partial charge in [0.15, 0.2) is 0 Å². The Bertz CT molecular complexity index is 1040. The summed E-state index contributed by atoms with van der Waals surface area (Å²) in [5, 5.41) is 13.6. The van der Waals surface area contributed by atoms with E-state index in [1.165, 1.54) is 7.11 Å². The highest BCUT2D eigenvalue weighted by atomic mass is 35.5. The van der Waals surface area contributed by atoms with Crippen molar-refractivity contribution in [3.8, 4) is 11.6 Å². The molecule has 134 valence electrons. The first-order valence-corrected chi connectivity index (χ1v) is 8.00. The fourth-order valence-corrected chi connectivity index (χ4v) is 3.03. The quantitative estimate of drug-likeness (QED) is 0.653. The van der Waals surface area contributed by atoms with Crippen LogP contribution in [0.1, 0.15) is 15.9 Å². The number of nitrogens with zero attached hydrogens (tertiary/aromatic N) is 1. The van der Waals surface area contributed by atoms with Crippen molar-refractivity contribution in [2.75, 3.05) is 12.4 Å². The van der Waals surface area contributed by atoms with E-state index in [0.29, 0.717) is 11.4 Å². The van der Waals surface area contributed by atoms with Crippen molar-refractivity contribution in [2.24, 2.45) is 5.73 Å². The molecule has 0 aliphatic heterocycles. The number of hydrogen-bond acceptors (Lipinski definition) is 4. The van der Waals surface area contributed by atoms with Gasteiger partial charge in [-0.25, -0.2) is 9.36 Å². The lowest BCUT2D eigenvalue weighted by atomic mass is 10.1. The van der Waals surface area contributed by atoms with Crippen LogP contribution in [0.15, 0.2) is 36.4 Å². The topological polar surface area (TPSA) is 107 Å². The van der Waals surface area contributed by atoms with Crippen LogP contribution in [0.25, 0.3) is 10.9 Å². The van der Waals surface area contributed by atoms with Gasteiger partial charge < -0.3 is 20.9 Å². The van der Waals surface area contributed by atoms with Gasteiger partial charge in [-0.05, 0) is 30.7 Å². The summed E-state index contributed by atoms with van der Waals surface area (Å²) in [7, 11) is 1.52. The lowest BCUT2D eigenvalue weighted by Gasteiger charge is -2.10. The second kappa shape index (κ2) is 6.61. The number of amides is 2. The van der Waals surface area contributed by atoms with Gasteiger partial charge in [0.1, 0.15) is 11.3 Å². The molecule has 7 nitrogen and oxygen atoms in total. The Hall–Kier alpha value is -3.19. The average Bonchev–Trinajstić information content (AvgIpc) is 2.90. The Kier molecular flexibility index (Phi) is 4.48. The molecule has 0 unspecified atom stereocenters. The number of carbonyl (C=O) groups is 2. The van der Waals surface area contributed by atoms with E-state index in [1.807, 2.05) is 6.92 Å².